The van der Waals surface area contributed by atoms with Crippen molar-refractivity contribution in [2.75, 3.05) is 13.2 Å². The number of aliphatic hydroxyl groups is 1. The number of aliphatic hydroxyl groups excluding tert-OH is 1. The van der Waals surface area contributed by atoms with Crippen LogP contribution in [0.2, 0.25) is 0 Å². The van der Waals surface area contributed by atoms with E-state index in [1.165, 1.54) is 4.90 Å². The molecule has 1 fully saturated rings. The maximum absolute atomic E-state index is 11.8. The molecular weight excluding hydrogens is 252 g/mol. The molecule has 96 valence electrons. The number of urea groups is 1. The van der Waals surface area contributed by atoms with Gasteiger partial charge in [-0.25, -0.2) is 13.2 Å². The van der Waals surface area contributed by atoms with Crippen molar-refractivity contribution in [1.29, 1.82) is 0 Å². The van der Waals surface area contributed by atoms with Crippen LogP contribution in [0.4, 0.5) is 4.79 Å². The standard InChI is InChI=1S/C8H12N2O6S/c1-5-2-6(4-11)9-3-7(5)10(8(9)12)16-17(13,14)15/h2,6-7,11H,3-4H2,1H3,(H,13,14,15)/p-1/t6-,7-/m0/s1. The summed E-state index contributed by atoms with van der Waals surface area (Å²) >= 11 is 0. The topological polar surface area (TPSA) is 110 Å². The van der Waals surface area contributed by atoms with Crippen molar-refractivity contribution in [2.45, 2.75) is 19.0 Å². The van der Waals surface area contributed by atoms with Crippen molar-refractivity contribution in [3.05, 3.63) is 11.6 Å². The van der Waals surface area contributed by atoms with E-state index in [-0.39, 0.29) is 13.2 Å². The van der Waals surface area contributed by atoms with Crippen LogP contribution < -0.4 is 0 Å². The fraction of sp³-hybridized carbons (Fsp3) is 0.625. The first-order chi connectivity index (χ1) is 7.83. The van der Waals surface area contributed by atoms with Crippen LogP contribution in [0.25, 0.3) is 0 Å². The average molecular weight is 263 g/mol. The summed E-state index contributed by atoms with van der Waals surface area (Å²) in [5.74, 6) is 0. The number of rotatable bonds is 3. The Morgan fingerprint density at radius 2 is 2.29 bits per heavy atom. The van der Waals surface area contributed by atoms with Gasteiger partial charge in [-0.15, -0.1) is 0 Å². The summed E-state index contributed by atoms with van der Waals surface area (Å²) in [4.78, 5) is 13.0. The third-order valence-corrected chi connectivity index (χ3v) is 3.17. The van der Waals surface area contributed by atoms with Gasteiger partial charge in [0.2, 0.25) is 10.4 Å². The highest BCUT2D eigenvalue weighted by atomic mass is 32.3. The molecule has 0 saturated carbocycles. The normalized spacial score (nSPS) is 28.6. The number of fused-ring (bicyclic) bond motifs is 2. The van der Waals surface area contributed by atoms with E-state index in [9.17, 15) is 17.8 Å². The zero-order valence-electron chi connectivity index (χ0n) is 8.94. The highest BCUT2D eigenvalue weighted by Crippen LogP contribution is 2.30. The Labute approximate surface area is 98.0 Å². The molecule has 0 aromatic rings. The molecular formula is C8H11N2O6S-. The lowest BCUT2D eigenvalue weighted by molar-refractivity contribution is -0.0224. The van der Waals surface area contributed by atoms with E-state index in [1.807, 2.05) is 0 Å². The summed E-state index contributed by atoms with van der Waals surface area (Å²) in [6.45, 7) is 1.60. The van der Waals surface area contributed by atoms with Gasteiger partial charge in [-0.1, -0.05) is 6.08 Å². The third-order valence-electron chi connectivity index (χ3n) is 2.83. The molecule has 2 aliphatic rings. The van der Waals surface area contributed by atoms with Gasteiger partial charge in [-0.3, -0.25) is 0 Å². The van der Waals surface area contributed by atoms with E-state index in [4.69, 9.17) is 5.11 Å². The molecule has 9 heteroatoms. The molecule has 2 rings (SSSR count). The lowest BCUT2D eigenvalue weighted by atomic mass is 10.0. The SMILES string of the molecule is CC1=C[C@@H](CO)N2C[C@@H]1N(OS(=O)(=O)[O-])C2=O. The number of amides is 2. The quantitative estimate of drug-likeness (QED) is 0.389. The molecule has 2 amide bonds. The zero-order valence-corrected chi connectivity index (χ0v) is 9.75. The monoisotopic (exact) mass is 263 g/mol. The van der Waals surface area contributed by atoms with Crippen LogP contribution in [0.1, 0.15) is 6.92 Å². The smallest absolute Gasteiger partial charge is 0.346 e. The highest BCUT2D eigenvalue weighted by molar-refractivity contribution is 7.80. The molecule has 8 nitrogen and oxygen atoms in total. The van der Waals surface area contributed by atoms with Crippen LogP contribution >= 0.6 is 0 Å². The summed E-state index contributed by atoms with van der Waals surface area (Å²) in [6, 6.07) is -1.85. The van der Waals surface area contributed by atoms with Gasteiger partial charge < -0.3 is 14.6 Å². The van der Waals surface area contributed by atoms with Crippen LogP contribution in [0.5, 0.6) is 0 Å². The Kier molecular flexibility index (Phi) is 2.86. The van der Waals surface area contributed by atoms with Crippen molar-refractivity contribution in [2.24, 2.45) is 0 Å². The van der Waals surface area contributed by atoms with Crippen molar-refractivity contribution in [3.8, 4) is 0 Å². The van der Waals surface area contributed by atoms with Crippen LogP contribution in [0, 0.1) is 0 Å². The maximum Gasteiger partial charge on any atom is 0.346 e. The van der Waals surface area contributed by atoms with Crippen LogP contribution in [0.15, 0.2) is 11.6 Å². The first-order valence-electron chi connectivity index (χ1n) is 4.88. The second kappa shape index (κ2) is 3.95. The first-order valence-corrected chi connectivity index (χ1v) is 6.21. The van der Waals surface area contributed by atoms with Gasteiger partial charge in [0.1, 0.15) is 6.04 Å². The summed E-state index contributed by atoms with van der Waals surface area (Å²) in [6.07, 6.45) is 1.65. The molecule has 1 N–H and O–H groups in total. The fourth-order valence-corrected chi connectivity index (χ4v) is 2.41. The molecule has 0 spiro atoms. The van der Waals surface area contributed by atoms with Crippen molar-refractivity contribution >= 4 is 16.4 Å². The van der Waals surface area contributed by atoms with Gasteiger partial charge >= 0.3 is 6.03 Å². The zero-order chi connectivity index (χ0) is 12.8. The Bertz CT molecular complexity index is 472. The van der Waals surface area contributed by atoms with Crippen LogP contribution in [-0.4, -0.2) is 59.3 Å². The highest BCUT2D eigenvalue weighted by Gasteiger charge is 2.46. The molecule has 0 unspecified atom stereocenters. The van der Waals surface area contributed by atoms with E-state index in [0.717, 1.165) is 0 Å². The summed E-state index contributed by atoms with van der Waals surface area (Å²) in [5.41, 5.74) is 0.676. The van der Waals surface area contributed by atoms with Gasteiger partial charge in [0.05, 0.1) is 19.2 Å². The summed E-state index contributed by atoms with van der Waals surface area (Å²) in [5, 5.41) is 9.63. The minimum Gasteiger partial charge on any atom is -0.724 e. The van der Waals surface area contributed by atoms with Crippen LogP contribution in [-0.2, 0) is 14.7 Å². The van der Waals surface area contributed by atoms with Gasteiger partial charge in [0.25, 0.3) is 0 Å². The van der Waals surface area contributed by atoms with Gasteiger partial charge in [-0.2, -0.15) is 9.35 Å². The lowest BCUT2D eigenvalue weighted by Crippen LogP contribution is -2.40. The second-order valence-corrected chi connectivity index (χ2v) is 4.89. The summed E-state index contributed by atoms with van der Waals surface area (Å²) < 4.78 is 35.7. The first kappa shape index (κ1) is 12.3. The molecule has 0 radical (unpaired) electrons. The number of nitrogens with zero attached hydrogens (tertiary/aromatic N) is 2. The molecule has 0 aromatic heterocycles. The average Bonchev–Trinajstić information content (AvgIpc) is 2.48. The van der Waals surface area contributed by atoms with E-state index in [1.54, 1.807) is 13.0 Å². The van der Waals surface area contributed by atoms with Gasteiger partial charge in [0, 0.05) is 0 Å². The molecule has 1 saturated heterocycles. The Morgan fingerprint density at radius 3 is 2.82 bits per heavy atom. The predicted molar refractivity (Wildman–Crippen MR) is 53.1 cm³/mol. The molecule has 2 aliphatic heterocycles. The van der Waals surface area contributed by atoms with E-state index < -0.39 is 28.5 Å². The minimum absolute atomic E-state index is 0.196. The number of carbonyl (C=O) groups excluding carboxylic acids is 1. The maximum atomic E-state index is 11.8. The third kappa shape index (κ3) is 2.14. The molecule has 2 bridgehead atoms. The second-order valence-electron chi connectivity index (χ2n) is 3.92. The Balaban J connectivity index is 2.29. The van der Waals surface area contributed by atoms with E-state index in [2.05, 4.69) is 4.28 Å². The number of hydrogen-bond acceptors (Lipinski definition) is 6. The summed E-state index contributed by atoms with van der Waals surface area (Å²) in [7, 11) is -4.99. The number of hydrogen-bond donors (Lipinski definition) is 1. The van der Waals surface area contributed by atoms with Crippen molar-refractivity contribution < 1.29 is 27.2 Å². The largest absolute Gasteiger partial charge is 0.724 e. The minimum atomic E-state index is -4.99. The Morgan fingerprint density at radius 1 is 1.65 bits per heavy atom. The predicted octanol–water partition coefficient (Wildman–Crippen LogP) is -1.19. The van der Waals surface area contributed by atoms with Gasteiger partial charge in [0.15, 0.2) is 0 Å². The Hall–Kier alpha value is -1.16. The van der Waals surface area contributed by atoms with Crippen molar-refractivity contribution in [1.82, 2.24) is 9.96 Å². The molecule has 17 heavy (non-hydrogen) atoms. The lowest BCUT2D eigenvalue weighted by Gasteiger charge is -2.26. The number of carbonyl (C=O) groups is 1. The molecule has 0 aromatic carbocycles. The van der Waals surface area contributed by atoms with E-state index >= 15 is 0 Å². The fourth-order valence-electron chi connectivity index (χ4n) is 2.04. The van der Waals surface area contributed by atoms with E-state index in [0.29, 0.717) is 10.6 Å². The molecule has 0 aliphatic carbocycles. The van der Waals surface area contributed by atoms with Crippen LogP contribution in [0.3, 0.4) is 0 Å². The molecule has 2 atom stereocenters. The molecule has 2 heterocycles. The van der Waals surface area contributed by atoms with Gasteiger partial charge in [-0.05, 0) is 12.5 Å². The van der Waals surface area contributed by atoms with Crippen molar-refractivity contribution in [3.63, 3.8) is 0 Å². The number of hydroxylamine groups is 2.